The second-order valence-electron chi connectivity index (χ2n) is 3.91. The van der Waals surface area contributed by atoms with Crippen LogP contribution in [0.4, 0.5) is 0 Å². The third-order valence-electron chi connectivity index (χ3n) is 2.88. The van der Waals surface area contributed by atoms with E-state index in [0.717, 1.165) is 25.7 Å². The normalized spacial score (nSPS) is 20.1. The minimum atomic E-state index is -0.388. The number of rotatable bonds is 3. The highest BCUT2D eigenvalue weighted by Gasteiger charge is 2.35. The molecule has 1 fully saturated rings. The lowest BCUT2D eigenvalue weighted by Crippen LogP contribution is -2.57. The Hall–Kier alpha value is -0.640. The van der Waals surface area contributed by atoms with Gasteiger partial charge in [0.1, 0.15) is 0 Å². The highest BCUT2D eigenvalue weighted by Crippen LogP contribution is 2.28. The van der Waals surface area contributed by atoms with Crippen LogP contribution in [0.25, 0.3) is 0 Å². The summed E-state index contributed by atoms with van der Waals surface area (Å²) in [6.45, 7) is 1.84. The van der Waals surface area contributed by atoms with Crippen LogP contribution in [0.15, 0.2) is 0 Å². The molecular weight excluding hydrogens is 196 g/mol. The number of nitrogens with two attached hydrogens (primary N) is 1. The number of carbonyl (C=O) groups excluding carboxylic acids is 1. The molecule has 0 spiro atoms. The van der Waals surface area contributed by atoms with Crippen molar-refractivity contribution in [2.45, 2.75) is 51.0 Å². The van der Waals surface area contributed by atoms with E-state index in [-0.39, 0.29) is 11.4 Å². The van der Waals surface area contributed by atoms with E-state index < -0.39 is 0 Å². The Balaban J connectivity index is 2.70. The summed E-state index contributed by atoms with van der Waals surface area (Å²) >= 11 is 5.06. The number of hydrogen-bond donors (Lipinski definition) is 2. The van der Waals surface area contributed by atoms with Crippen LogP contribution >= 0.6 is 12.2 Å². The molecule has 0 heterocycles. The second kappa shape index (κ2) is 4.73. The molecule has 0 saturated heterocycles. The Kier molecular flexibility index (Phi) is 3.86. The molecule has 0 aromatic carbocycles. The Labute approximate surface area is 90.4 Å². The van der Waals surface area contributed by atoms with Gasteiger partial charge in [0.15, 0.2) is 0 Å². The van der Waals surface area contributed by atoms with Crippen LogP contribution in [0.2, 0.25) is 0 Å². The molecule has 0 unspecified atom stereocenters. The van der Waals surface area contributed by atoms with Gasteiger partial charge in [0.05, 0.1) is 10.5 Å². The average Bonchev–Trinajstić information content (AvgIpc) is 2.19. The van der Waals surface area contributed by atoms with Crippen molar-refractivity contribution < 1.29 is 4.79 Å². The molecule has 1 rings (SSSR count). The second-order valence-corrected chi connectivity index (χ2v) is 4.35. The Morgan fingerprint density at radius 3 is 2.43 bits per heavy atom. The van der Waals surface area contributed by atoms with E-state index in [1.54, 1.807) is 0 Å². The zero-order valence-corrected chi connectivity index (χ0v) is 9.45. The van der Waals surface area contributed by atoms with Crippen molar-refractivity contribution in [3.63, 3.8) is 0 Å². The predicted molar refractivity (Wildman–Crippen MR) is 61.0 cm³/mol. The van der Waals surface area contributed by atoms with Gasteiger partial charge in [0.2, 0.25) is 5.91 Å². The summed E-state index contributed by atoms with van der Waals surface area (Å²) in [6, 6.07) is 0. The third-order valence-corrected chi connectivity index (χ3v) is 3.27. The fourth-order valence-corrected chi connectivity index (χ4v) is 2.20. The minimum Gasteiger partial charge on any atom is -0.391 e. The summed E-state index contributed by atoms with van der Waals surface area (Å²) in [7, 11) is 0. The molecule has 80 valence electrons. The first-order valence-electron chi connectivity index (χ1n) is 5.21. The molecule has 3 N–H and O–H groups in total. The molecule has 1 aliphatic rings. The molecule has 0 aromatic heterocycles. The van der Waals surface area contributed by atoms with Gasteiger partial charge in [-0.05, 0) is 12.8 Å². The monoisotopic (exact) mass is 214 g/mol. The van der Waals surface area contributed by atoms with Crippen molar-refractivity contribution in [1.82, 2.24) is 5.32 Å². The molecule has 14 heavy (non-hydrogen) atoms. The highest BCUT2D eigenvalue weighted by molar-refractivity contribution is 7.80. The number of thiocarbonyl (C=S) groups is 1. The van der Waals surface area contributed by atoms with Crippen molar-refractivity contribution >= 4 is 23.1 Å². The number of nitrogens with one attached hydrogen (secondary N) is 1. The van der Waals surface area contributed by atoms with E-state index in [1.807, 2.05) is 6.92 Å². The molecule has 1 aliphatic carbocycles. The Morgan fingerprint density at radius 1 is 1.43 bits per heavy atom. The van der Waals surface area contributed by atoms with Crippen molar-refractivity contribution in [2.24, 2.45) is 5.73 Å². The van der Waals surface area contributed by atoms with E-state index in [9.17, 15) is 4.79 Å². The van der Waals surface area contributed by atoms with E-state index >= 15 is 0 Å². The lowest BCUT2D eigenvalue weighted by atomic mass is 9.81. The van der Waals surface area contributed by atoms with Crippen molar-refractivity contribution in [3.8, 4) is 0 Å². The quantitative estimate of drug-likeness (QED) is 0.700. The van der Waals surface area contributed by atoms with E-state index in [4.69, 9.17) is 18.0 Å². The summed E-state index contributed by atoms with van der Waals surface area (Å²) in [4.78, 5) is 11.8. The van der Waals surface area contributed by atoms with Crippen LogP contribution in [-0.4, -0.2) is 16.4 Å². The summed E-state index contributed by atoms with van der Waals surface area (Å²) in [6.07, 6.45) is 5.70. The van der Waals surface area contributed by atoms with E-state index in [1.165, 1.54) is 6.42 Å². The van der Waals surface area contributed by atoms with Crippen LogP contribution in [0.5, 0.6) is 0 Å². The summed E-state index contributed by atoms with van der Waals surface area (Å²) in [5.74, 6) is 0.0414. The molecule has 0 aromatic rings. The molecule has 1 amide bonds. The maximum atomic E-state index is 11.4. The summed E-state index contributed by atoms with van der Waals surface area (Å²) < 4.78 is 0. The van der Waals surface area contributed by atoms with Gasteiger partial charge >= 0.3 is 0 Å². The average molecular weight is 214 g/mol. The predicted octanol–water partition coefficient (Wildman–Crippen LogP) is 1.50. The molecule has 0 bridgehead atoms. The van der Waals surface area contributed by atoms with Gasteiger partial charge in [-0.3, -0.25) is 4.79 Å². The largest absolute Gasteiger partial charge is 0.391 e. The van der Waals surface area contributed by atoms with Crippen LogP contribution in [0.1, 0.15) is 45.4 Å². The first kappa shape index (κ1) is 11.4. The lowest BCUT2D eigenvalue weighted by molar-refractivity contribution is -0.122. The summed E-state index contributed by atoms with van der Waals surface area (Å²) in [5, 5.41) is 2.98. The van der Waals surface area contributed by atoms with Gasteiger partial charge in [-0.1, -0.05) is 38.4 Å². The van der Waals surface area contributed by atoms with Gasteiger partial charge in [0, 0.05) is 6.42 Å². The van der Waals surface area contributed by atoms with Gasteiger partial charge in [-0.25, -0.2) is 0 Å². The Morgan fingerprint density at radius 2 is 2.00 bits per heavy atom. The lowest BCUT2D eigenvalue weighted by Gasteiger charge is -2.37. The molecule has 0 aliphatic heterocycles. The number of amides is 1. The van der Waals surface area contributed by atoms with Gasteiger partial charge < -0.3 is 11.1 Å². The molecule has 1 saturated carbocycles. The van der Waals surface area contributed by atoms with Crippen LogP contribution in [-0.2, 0) is 4.79 Å². The first-order chi connectivity index (χ1) is 6.60. The van der Waals surface area contributed by atoms with Gasteiger partial charge in [-0.2, -0.15) is 0 Å². The van der Waals surface area contributed by atoms with E-state index in [2.05, 4.69) is 5.32 Å². The van der Waals surface area contributed by atoms with E-state index in [0.29, 0.717) is 11.4 Å². The van der Waals surface area contributed by atoms with Crippen LogP contribution in [0, 0.1) is 0 Å². The molecule has 0 atom stereocenters. The molecule has 4 heteroatoms. The first-order valence-corrected chi connectivity index (χ1v) is 5.62. The van der Waals surface area contributed by atoms with Crippen molar-refractivity contribution in [3.05, 3.63) is 0 Å². The highest BCUT2D eigenvalue weighted by atomic mass is 32.1. The topological polar surface area (TPSA) is 55.1 Å². The zero-order chi connectivity index (χ0) is 10.6. The minimum absolute atomic E-state index is 0.0414. The van der Waals surface area contributed by atoms with Crippen molar-refractivity contribution in [2.75, 3.05) is 0 Å². The fraction of sp³-hybridized carbons (Fsp3) is 0.800. The smallest absolute Gasteiger partial charge is 0.220 e. The maximum absolute atomic E-state index is 11.4. The molecule has 0 radical (unpaired) electrons. The zero-order valence-electron chi connectivity index (χ0n) is 8.64. The van der Waals surface area contributed by atoms with Gasteiger partial charge in [0.25, 0.3) is 0 Å². The van der Waals surface area contributed by atoms with Crippen LogP contribution in [0.3, 0.4) is 0 Å². The molecule has 3 nitrogen and oxygen atoms in total. The van der Waals surface area contributed by atoms with Crippen LogP contribution < -0.4 is 11.1 Å². The van der Waals surface area contributed by atoms with Crippen molar-refractivity contribution in [1.29, 1.82) is 0 Å². The maximum Gasteiger partial charge on any atom is 0.220 e. The standard InChI is InChI=1S/C10H18N2OS/c1-2-8(13)12-10(9(11)14)6-4-3-5-7-10/h2-7H2,1H3,(H2,11,14)(H,12,13). The Bertz CT molecular complexity index is 234. The summed E-state index contributed by atoms with van der Waals surface area (Å²) in [5.41, 5.74) is 5.33. The fourth-order valence-electron chi connectivity index (χ4n) is 1.94. The number of carbonyl (C=O) groups is 1. The third kappa shape index (κ3) is 2.44. The molecular formula is C10H18N2OS. The number of hydrogen-bond acceptors (Lipinski definition) is 2. The van der Waals surface area contributed by atoms with Gasteiger partial charge in [-0.15, -0.1) is 0 Å². The SMILES string of the molecule is CCC(=O)NC1(C(N)=S)CCCCC1.